The smallest absolute Gasteiger partial charge is 0.113 e. The lowest BCUT2D eigenvalue weighted by Crippen LogP contribution is -2.31. The summed E-state index contributed by atoms with van der Waals surface area (Å²) in [5.41, 5.74) is 1.06. The molecule has 1 aromatic carbocycles. The summed E-state index contributed by atoms with van der Waals surface area (Å²) in [4.78, 5) is 0. The molecule has 0 saturated heterocycles. The Labute approximate surface area is 88.6 Å². The molecule has 15 heavy (non-hydrogen) atoms. The number of aliphatic hydroxyl groups is 2. The van der Waals surface area contributed by atoms with Crippen LogP contribution in [0.5, 0.6) is 0 Å². The molecule has 0 aliphatic heterocycles. The minimum atomic E-state index is -0.839. The van der Waals surface area contributed by atoms with Crippen LogP contribution >= 0.6 is 0 Å². The lowest BCUT2D eigenvalue weighted by Gasteiger charge is -2.17. The van der Waals surface area contributed by atoms with Gasteiger partial charge in [0.1, 0.15) is 18.3 Å². The summed E-state index contributed by atoms with van der Waals surface area (Å²) in [6.45, 7) is 0.444. The van der Waals surface area contributed by atoms with E-state index in [0.29, 0.717) is 6.61 Å². The standard InChI is InChI=1S/C12H14O3/c13-10-6-7-11(12(10)14)15-8-9-4-2-1-3-5-9/h1-7,10-14H,8H2/t10?,11-,12-/m0/s1. The zero-order valence-corrected chi connectivity index (χ0v) is 8.28. The van der Waals surface area contributed by atoms with Crippen molar-refractivity contribution in [2.24, 2.45) is 0 Å². The third-order valence-electron chi connectivity index (χ3n) is 2.47. The van der Waals surface area contributed by atoms with Gasteiger partial charge >= 0.3 is 0 Å². The van der Waals surface area contributed by atoms with Gasteiger partial charge in [0, 0.05) is 0 Å². The van der Waals surface area contributed by atoms with Gasteiger partial charge in [-0.1, -0.05) is 42.5 Å². The molecular weight excluding hydrogens is 192 g/mol. The highest BCUT2D eigenvalue weighted by molar-refractivity contribution is 5.14. The topological polar surface area (TPSA) is 49.7 Å². The maximum Gasteiger partial charge on any atom is 0.113 e. The van der Waals surface area contributed by atoms with Crippen molar-refractivity contribution in [3.05, 3.63) is 48.0 Å². The molecule has 0 saturated carbocycles. The Morgan fingerprint density at radius 3 is 2.40 bits per heavy atom. The third-order valence-corrected chi connectivity index (χ3v) is 2.47. The normalized spacial score (nSPS) is 29.6. The quantitative estimate of drug-likeness (QED) is 0.721. The van der Waals surface area contributed by atoms with Crippen LogP contribution in [0.2, 0.25) is 0 Å². The van der Waals surface area contributed by atoms with E-state index in [1.165, 1.54) is 0 Å². The molecule has 1 aromatic rings. The highest BCUT2D eigenvalue weighted by Crippen LogP contribution is 2.16. The molecule has 3 heteroatoms. The Balaban J connectivity index is 1.87. The molecular formula is C12H14O3. The number of benzene rings is 1. The van der Waals surface area contributed by atoms with Crippen LogP contribution in [0.4, 0.5) is 0 Å². The summed E-state index contributed by atoms with van der Waals surface area (Å²) in [7, 11) is 0. The lowest BCUT2D eigenvalue weighted by atomic mass is 10.2. The molecule has 2 N–H and O–H groups in total. The minimum Gasteiger partial charge on any atom is -0.387 e. The van der Waals surface area contributed by atoms with E-state index >= 15 is 0 Å². The zero-order chi connectivity index (χ0) is 10.7. The maximum absolute atomic E-state index is 9.50. The van der Waals surface area contributed by atoms with Gasteiger partial charge in [0.15, 0.2) is 0 Å². The molecule has 3 atom stereocenters. The first kappa shape index (κ1) is 10.4. The summed E-state index contributed by atoms with van der Waals surface area (Å²) in [6.07, 6.45) is 1.21. The van der Waals surface area contributed by atoms with Gasteiger partial charge in [-0.05, 0) is 5.56 Å². The summed E-state index contributed by atoms with van der Waals surface area (Å²) in [5, 5.41) is 18.7. The molecule has 0 amide bonds. The fraction of sp³-hybridized carbons (Fsp3) is 0.333. The van der Waals surface area contributed by atoms with E-state index < -0.39 is 18.3 Å². The van der Waals surface area contributed by atoms with E-state index in [4.69, 9.17) is 4.74 Å². The monoisotopic (exact) mass is 206 g/mol. The predicted octanol–water partition coefficient (Wildman–Crippen LogP) is 0.863. The summed E-state index contributed by atoms with van der Waals surface area (Å²) >= 11 is 0. The van der Waals surface area contributed by atoms with Crippen LogP contribution in [-0.2, 0) is 11.3 Å². The minimum absolute atomic E-state index is 0.403. The molecule has 1 unspecified atom stereocenters. The van der Waals surface area contributed by atoms with Gasteiger partial charge in [-0.3, -0.25) is 0 Å². The van der Waals surface area contributed by atoms with Crippen LogP contribution in [0, 0.1) is 0 Å². The average molecular weight is 206 g/mol. The van der Waals surface area contributed by atoms with E-state index in [0.717, 1.165) is 5.56 Å². The number of aliphatic hydroxyl groups excluding tert-OH is 2. The van der Waals surface area contributed by atoms with Crippen molar-refractivity contribution in [3.8, 4) is 0 Å². The molecule has 80 valence electrons. The van der Waals surface area contributed by atoms with Crippen molar-refractivity contribution in [1.82, 2.24) is 0 Å². The van der Waals surface area contributed by atoms with Crippen LogP contribution in [0.25, 0.3) is 0 Å². The first-order chi connectivity index (χ1) is 7.27. The fourth-order valence-electron chi connectivity index (χ4n) is 1.57. The second kappa shape index (κ2) is 4.57. The molecule has 0 aromatic heterocycles. The third kappa shape index (κ3) is 2.45. The number of hydrogen-bond donors (Lipinski definition) is 2. The number of hydrogen-bond acceptors (Lipinski definition) is 3. The van der Waals surface area contributed by atoms with Crippen molar-refractivity contribution >= 4 is 0 Å². The fourth-order valence-corrected chi connectivity index (χ4v) is 1.57. The molecule has 0 bridgehead atoms. The van der Waals surface area contributed by atoms with Crippen molar-refractivity contribution in [2.75, 3.05) is 0 Å². The lowest BCUT2D eigenvalue weighted by molar-refractivity contribution is -0.0493. The molecule has 2 rings (SSSR count). The maximum atomic E-state index is 9.50. The summed E-state index contributed by atoms with van der Waals surface area (Å²) in [5.74, 6) is 0. The first-order valence-electron chi connectivity index (χ1n) is 4.97. The van der Waals surface area contributed by atoms with Gasteiger partial charge in [0.05, 0.1) is 6.61 Å². The predicted molar refractivity (Wildman–Crippen MR) is 56.2 cm³/mol. The van der Waals surface area contributed by atoms with Crippen molar-refractivity contribution in [1.29, 1.82) is 0 Å². The van der Waals surface area contributed by atoms with E-state index in [1.807, 2.05) is 30.3 Å². The molecule has 0 fully saturated rings. The van der Waals surface area contributed by atoms with E-state index in [9.17, 15) is 10.2 Å². The zero-order valence-electron chi connectivity index (χ0n) is 8.28. The molecule has 0 radical (unpaired) electrons. The Hall–Kier alpha value is -1.16. The van der Waals surface area contributed by atoms with Crippen LogP contribution in [0.1, 0.15) is 5.56 Å². The van der Waals surface area contributed by atoms with Crippen LogP contribution in [0.15, 0.2) is 42.5 Å². The molecule has 0 heterocycles. The van der Waals surface area contributed by atoms with Crippen molar-refractivity contribution < 1.29 is 14.9 Å². The van der Waals surface area contributed by atoms with Crippen LogP contribution in [0.3, 0.4) is 0 Å². The Kier molecular flexibility index (Phi) is 3.16. The highest BCUT2D eigenvalue weighted by Gasteiger charge is 2.28. The summed E-state index contributed by atoms with van der Waals surface area (Å²) < 4.78 is 5.47. The van der Waals surface area contributed by atoms with Gasteiger partial charge in [-0.2, -0.15) is 0 Å². The van der Waals surface area contributed by atoms with Gasteiger partial charge in [0.2, 0.25) is 0 Å². The SMILES string of the molecule is OC1C=C[C@H](OCc2ccccc2)[C@H]1O. The Morgan fingerprint density at radius 2 is 1.80 bits per heavy atom. The average Bonchev–Trinajstić information content (AvgIpc) is 2.59. The number of rotatable bonds is 3. The molecule has 1 aliphatic carbocycles. The van der Waals surface area contributed by atoms with Crippen LogP contribution < -0.4 is 0 Å². The van der Waals surface area contributed by atoms with Gasteiger partial charge in [0.25, 0.3) is 0 Å². The second-order valence-electron chi connectivity index (χ2n) is 3.63. The molecule has 0 spiro atoms. The highest BCUT2D eigenvalue weighted by atomic mass is 16.5. The van der Waals surface area contributed by atoms with Crippen molar-refractivity contribution in [2.45, 2.75) is 24.9 Å². The largest absolute Gasteiger partial charge is 0.387 e. The van der Waals surface area contributed by atoms with E-state index in [2.05, 4.69) is 0 Å². The van der Waals surface area contributed by atoms with Crippen LogP contribution in [-0.4, -0.2) is 28.5 Å². The molecule has 1 aliphatic rings. The van der Waals surface area contributed by atoms with Gasteiger partial charge < -0.3 is 14.9 Å². The Bertz CT molecular complexity index is 334. The van der Waals surface area contributed by atoms with E-state index in [-0.39, 0.29) is 0 Å². The summed E-state index contributed by atoms with van der Waals surface area (Å²) in [6, 6.07) is 9.74. The molecule has 3 nitrogen and oxygen atoms in total. The second-order valence-corrected chi connectivity index (χ2v) is 3.63. The van der Waals surface area contributed by atoms with Gasteiger partial charge in [-0.25, -0.2) is 0 Å². The first-order valence-corrected chi connectivity index (χ1v) is 4.97. The van der Waals surface area contributed by atoms with Crippen molar-refractivity contribution in [3.63, 3.8) is 0 Å². The Morgan fingerprint density at radius 1 is 1.07 bits per heavy atom. The number of ether oxygens (including phenoxy) is 1. The van der Waals surface area contributed by atoms with E-state index in [1.54, 1.807) is 12.2 Å². The van der Waals surface area contributed by atoms with Gasteiger partial charge in [-0.15, -0.1) is 0 Å².